The van der Waals surface area contributed by atoms with Gasteiger partial charge < -0.3 is 14.8 Å². The fourth-order valence-corrected chi connectivity index (χ4v) is 2.22. The van der Waals surface area contributed by atoms with E-state index < -0.39 is 5.54 Å². The molecule has 118 valence electrons. The van der Waals surface area contributed by atoms with Crippen LogP contribution in [0.15, 0.2) is 18.2 Å². The van der Waals surface area contributed by atoms with E-state index in [2.05, 4.69) is 25.2 Å². The second-order valence-corrected chi connectivity index (χ2v) is 5.62. The van der Waals surface area contributed by atoms with Gasteiger partial charge in [0, 0.05) is 6.42 Å². The minimum Gasteiger partial charge on any atom is -0.493 e. The Balaban J connectivity index is 2.62. The fraction of sp³-hybridized carbons (Fsp3) is 0.588. The number of carbonyl (C=O) groups excluding carboxylic acids is 1. The van der Waals surface area contributed by atoms with E-state index in [1.54, 1.807) is 0 Å². The number of esters is 1. The summed E-state index contributed by atoms with van der Waals surface area (Å²) in [5, 5.41) is 3.25. The maximum atomic E-state index is 12.0. The van der Waals surface area contributed by atoms with Gasteiger partial charge in [-0.05, 0) is 45.4 Å². The average molecular weight is 293 g/mol. The maximum Gasteiger partial charge on any atom is 0.325 e. The Morgan fingerprint density at radius 1 is 1.33 bits per heavy atom. The van der Waals surface area contributed by atoms with Crippen LogP contribution in [-0.4, -0.2) is 31.8 Å². The van der Waals surface area contributed by atoms with Gasteiger partial charge in [-0.3, -0.25) is 4.79 Å². The number of ether oxygens (including phenoxy) is 2. The lowest BCUT2D eigenvalue weighted by molar-refractivity contribution is -0.148. The summed E-state index contributed by atoms with van der Waals surface area (Å²) in [7, 11) is 1.42. The molecule has 4 nitrogen and oxygen atoms in total. The minimum atomic E-state index is -0.705. The first-order valence-corrected chi connectivity index (χ1v) is 7.46. The third kappa shape index (κ3) is 5.05. The standard InChI is InChI=1S/C17H27NO3/c1-6-10-18-17(4,16(19)20-5)9-11-21-15-8-7-13(2)12-14(15)3/h7-8,12,18H,6,9-11H2,1-5H3. The van der Waals surface area contributed by atoms with Crippen molar-refractivity contribution in [3.63, 3.8) is 0 Å². The van der Waals surface area contributed by atoms with E-state index in [0.29, 0.717) is 13.0 Å². The average Bonchev–Trinajstić information content (AvgIpc) is 2.46. The predicted molar refractivity (Wildman–Crippen MR) is 84.7 cm³/mol. The summed E-state index contributed by atoms with van der Waals surface area (Å²) < 4.78 is 10.7. The Hall–Kier alpha value is -1.55. The molecule has 1 aromatic carbocycles. The van der Waals surface area contributed by atoms with Crippen LogP contribution in [-0.2, 0) is 9.53 Å². The Kier molecular flexibility index (Phi) is 6.69. The summed E-state index contributed by atoms with van der Waals surface area (Å²) >= 11 is 0. The van der Waals surface area contributed by atoms with Gasteiger partial charge in [-0.2, -0.15) is 0 Å². The Morgan fingerprint density at radius 3 is 2.62 bits per heavy atom. The predicted octanol–water partition coefficient (Wildman–Crippen LogP) is 3.00. The van der Waals surface area contributed by atoms with Gasteiger partial charge in [-0.15, -0.1) is 0 Å². The van der Waals surface area contributed by atoms with Crippen molar-refractivity contribution >= 4 is 5.97 Å². The van der Waals surface area contributed by atoms with Crippen molar-refractivity contribution in [2.24, 2.45) is 0 Å². The second kappa shape index (κ2) is 8.03. The molecule has 0 radical (unpaired) electrons. The smallest absolute Gasteiger partial charge is 0.325 e. The van der Waals surface area contributed by atoms with Crippen molar-refractivity contribution < 1.29 is 14.3 Å². The van der Waals surface area contributed by atoms with Crippen LogP contribution in [0.5, 0.6) is 5.75 Å². The Labute approximate surface area is 127 Å². The molecule has 0 saturated carbocycles. The number of hydrogen-bond donors (Lipinski definition) is 1. The number of methoxy groups -OCH3 is 1. The highest BCUT2D eigenvalue weighted by atomic mass is 16.5. The number of nitrogens with one attached hydrogen (secondary N) is 1. The minimum absolute atomic E-state index is 0.250. The number of benzene rings is 1. The molecule has 1 atom stereocenters. The van der Waals surface area contributed by atoms with Crippen LogP contribution < -0.4 is 10.1 Å². The van der Waals surface area contributed by atoms with Gasteiger partial charge in [0.25, 0.3) is 0 Å². The highest BCUT2D eigenvalue weighted by Gasteiger charge is 2.33. The lowest BCUT2D eigenvalue weighted by Crippen LogP contribution is -2.51. The van der Waals surface area contributed by atoms with E-state index in [1.165, 1.54) is 12.7 Å². The number of hydrogen-bond acceptors (Lipinski definition) is 4. The van der Waals surface area contributed by atoms with Crippen LogP contribution in [0.3, 0.4) is 0 Å². The summed E-state index contributed by atoms with van der Waals surface area (Å²) in [6.45, 7) is 9.25. The molecule has 0 bridgehead atoms. The number of aryl methyl sites for hydroxylation is 2. The van der Waals surface area contributed by atoms with Crippen LogP contribution in [0.4, 0.5) is 0 Å². The zero-order valence-electron chi connectivity index (χ0n) is 13.8. The summed E-state index contributed by atoms with van der Waals surface area (Å²) in [6, 6.07) is 6.08. The van der Waals surface area contributed by atoms with E-state index in [4.69, 9.17) is 9.47 Å². The monoisotopic (exact) mass is 293 g/mol. The molecule has 0 fully saturated rings. The van der Waals surface area contributed by atoms with Crippen LogP contribution in [0.1, 0.15) is 37.8 Å². The molecule has 0 aliphatic carbocycles. The molecule has 1 aromatic rings. The first kappa shape index (κ1) is 17.5. The van der Waals surface area contributed by atoms with Crippen molar-refractivity contribution in [1.29, 1.82) is 0 Å². The highest BCUT2D eigenvalue weighted by molar-refractivity contribution is 5.80. The van der Waals surface area contributed by atoms with Gasteiger partial charge in [-0.25, -0.2) is 0 Å². The van der Waals surface area contributed by atoms with E-state index in [0.717, 1.165) is 24.3 Å². The lowest BCUT2D eigenvalue weighted by atomic mass is 9.98. The number of rotatable bonds is 8. The van der Waals surface area contributed by atoms with Crippen molar-refractivity contribution in [2.45, 2.75) is 46.1 Å². The second-order valence-electron chi connectivity index (χ2n) is 5.62. The third-order valence-electron chi connectivity index (χ3n) is 3.59. The van der Waals surface area contributed by atoms with Gasteiger partial charge >= 0.3 is 5.97 Å². The van der Waals surface area contributed by atoms with E-state index in [9.17, 15) is 4.79 Å². The summed E-state index contributed by atoms with van der Waals surface area (Å²) in [4.78, 5) is 12.0. The van der Waals surface area contributed by atoms with E-state index >= 15 is 0 Å². The quantitative estimate of drug-likeness (QED) is 0.749. The number of carbonyl (C=O) groups is 1. The highest BCUT2D eigenvalue weighted by Crippen LogP contribution is 2.20. The van der Waals surface area contributed by atoms with Crippen molar-refractivity contribution in [3.8, 4) is 5.75 Å². The van der Waals surface area contributed by atoms with Gasteiger partial charge in [0.05, 0.1) is 13.7 Å². The Morgan fingerprint density at radius 2 is 2.05 bits per heavy atom. The molecule has 4 heteroatoms. The molecular formula is C17H27NO3. The molecule has 1 rings (SSSR count). The van der Waals surface area contributed by atoms with E-state index in [-0.39, 0.29) is 5.97 Å². The van der Waals surface area contributed by atoms with Gasteiger partial charge in [0.1, 0.15) is 11.3 Å². The molecule has 21 heavy (non-hydrogen) atoms. The molecular weight excluding hydrogens is 266 g/mol. The van der Waals surface area contributed by atoms with Crippen molar-refractivity contribution in [2.75, 3.05) is 20.3 Å². The van der Waals surface area contributed by atoms with Crippen molar-refractivity contribution in [1.82, 2.24) is 5.32 Å². The summed E-state index contributed by atoms with van der Waals surface area (Å²) in [5.41, 5.74) is 1.61. The molecule has 0 spiro atoms. The molecule has 0 aliphatic heterocycles. The molecule has 0 aliphatic rings. The van der Waals surface area contributed by atoms with Crippen LogP contribution >= 0.6 is 0 Å². The molecule has 1 unspecified atom stereocenters. The van der Waals surface area contributed by atoms with Crippen LogP contribution in [0.2, 0.25) is 0 Å². The van der Waals surface area contributed by atoms with Gasteiger partial charge in [0.15, 0.2) is 0 Å². The molecule has 1 N–H and O–H groups in total. The zero-order chi connectivity index (χ0) is 15.9. The largest absolute Gasteiger partial charge is 0.493 e. The molecule has 0 saturated heterocycles. The third-order valence-corrected chi connectivity index (χ3v) is 3.59. The Bertz CT molecular complexity index is 473. The summed E-state index contributed by atoms with van der Waals surface area (Å²) in [6.07, 6.45) is 1.53. The topological polar surface area (TPSA) is 47.6 Å². The normalized spacial score (nSPS) is 13.6. The molecule has 0 heterocycles. The lowest BCUT2D eigenvalue weighted by Gasteiger charge is -2.28. The zero-order valence-corrected chi connectivity index (χ0v) is 13.8. The van der Waals surface area contributed by atoms with Crippen LogP contribution in [0.25, 0.3) is 0 Å². The van der Waals surface area contributed by atoms with Crippen LogP contribution in [0, 0.1) is 13.8 Å². The summed E-state index contributed by atoms with van der Waals surface area (Å²) in [5.74, 6) is 0.614. The maximum absolute atomic E-state index is 12.0. The SMILES string of the molecule is CCCNC(C)(CCOc1ccc(C)cc1C)C(=O)OC. The first-order valence-electron chi connectivity index (χ1n) is 7.46. The molecule has 0 aromatic heterocycles. The van der Waals surface area contributed by atoms with E-state index in [1.807, 2.05) is 26.0 Å². The first-order chi connectivity index (χ1) is 9.92. The van der Waals surface area contributed by atoms with Gasteiger partial charge in [0.2, 0.25) is 0 Å². The molecule has 0 amide bonds. The van der Waals surface area contributed by atoms with Crippen molar-refractivity contribution in [3.05, 3.63) is 29.3 Å². The fourth-order valence-electron chi connectivity index (χ4n) is 2.22. The van der Waals surface area contributed by atoms with Gasteiger partial charge in [-0.1, -0.05) is 24.6 Å².